The maximum Gasteiger partial charge on any atom is 0.242 e. The zero-order chi connectivity index (χ0) is 28.9. The van der Waals surface area contributed by atoms with Gasteiger partial charge in [-0.25, -0.2) is 0 Å². The lowest BCUT2D eigenvalue weighted by molar-refractivity contribution is -0.132. The van der Waals surface area contributed by atoms with E-state index in [4.69, 9.17) is 14.5 Å². The van der Waals surface area contributed by atoms with E-state index in [-0.39, 0.29) is 24.3 Å². The topological polar surface area (TPSA) is 101 Å². The van der Waals surface area contributed by atoms with Crippen molar-refractivity contribution >= 4 is 40.5 Å². The molecule has 0 aromatic heterocycles. The van der Waals surface area contributed by atoms with Crippen LogP contribution >= 0.6 is 0 Å². The molecule has 3 aromatic rings. The van der Waals surface area contributed by atoms with Gasteiger partial charge in [-0.2, -0.15) is 0 Å². The lowest BCUT2D eigenvalue weighted by Crippen LogP contribution is -2.44. The van der Waals surface area contributed by atoms with Gasteiger partial charge >= 0.3 is 0 Å². The van der Waals surface area contributed by atoms with Gasteiger partial charge in [-0.15, -0.1) is 0 Å². The maximum absolute atomic E-state index is 13.3. The molecule has 2 heterocycles. The molecule has 212 valence electrons. The van der Waals surface area contributed by atoms with Crippen LogP contribution in [0.4, 0.5) is 17.1 Å². The minimum atomic E-state index is -0.678. The lowest BCUT2D eigenvalue weighted by Gasteiger charge is -2.29. The average molecular weight is 555 g/mol. The van der Waals surface area contributed by atoms with Crippen molar-refractivity contribution in [2.45, 2.75) is 32.1 Å². The highest BCUT2D eigenvalue weighted by atomic mass is 16.5. The van der Waals surface area contributed by atoms with Crippen molar-refractivity contribution in [1.82, 2.24) is 4.90 Å². The number of carbonyl (C=O) groups is 3. The predicted octanol–water partition coefficient (Wildman–Crippen LogP) is 4.93. The molecule has 0 saturated carbocycles. The number of piperidine rings is 1. The number of amides is 3. The predicted molar refractivity (Wildman–Crippen MR) is 158 cm³/mol. The summed E-state index contributed by atoms with van der Waals surface area (Å²) in [6, 6.07) is 20.3. The Balaban J connectivity index is 1.48. The van der Waals surface area contributed by atoms with Gasteiger partial charge in [0.1, 0.15) is 12.5 Å². The third-order valence-electron chi connectivity index (χ3n) is 7.52. The van der Waals surface area contributed by atoms with E-state index in [9.17, 15) is 14.4 Å². The van der Waals surface area contributed by atoms with Crippen LogP contribution in [0.1, 0.15) is 43.2 Å². The minimum absolute atomic E-state index is 0.00244. The van der Waals surface area contributed by atoms with Crippen LogP contribution < -0.4 is 19.7 Å². The number of carbonyl (C=O) groups excluding carboxylic acids is 3. The van der Waals surface area contributed by atoms with Gasteiger partial charge in [0.15, 0.2) is 11.5 Å². The van der Waals surface area contributed by atoms with Gasteiger partial charge in [-0.1, -0.05) is 30.3 Å². The Bertz CT molecular complexity index is 1460. The zero-order valence-electron chi connectivity index (χ0n) is 23.6. The average Bonchev–Trinajstić information content (AvgIpc) is 3.32. The van der Waals surface area contributed by atoms with Gasteiger partial charge < -0.3 is 24.6 Å². The molecule has 1 saturated heterocycles. The van der Waals surface area contributed by atoms with Crippen molar-refractivity contribution in [2.75, 3.05) is 44.1 Å². The number of fused-ring (bicyclic) bond motifs is 1. The van der Waals surface area contributed by atoms with Crippen LogP contribution in [0.25, 0.3) is 0 Å². The van der Waals surface area contributed by atoms with E-state index < -0.39 is 5.92 Å². The Morgan fingerprint density at radius 3 is 2.24 bits per heavy atom. The van der Waals surface area contributed by atoms with E-state index in [0.29, 0.717) is 34.3 Å². The monoisotopic (exact) mass is 554 g/mol. The SMILES string of the molecule is COc1cc2c(cc1OC)C(C(=Nc1ccc(N(CC(=O)N3CCCCC3)C(C)=O)cc1)c1ccccc1)C(=O)N2. The molecular formula is C32H34N4O5. The summed E-state index contributed by atoms with van der Waals surface area (Å²) in [5.41, 5.74) is 3.99. The van der Waals surface area contributed by atoms with Crippen molar-refractivity contribution < 1.29 is 23.9 Å². The summed E-state index contributed by atoms with van der Waals surface area (Å²) in [6.07, 6.45) is 3.11. The summed E-state index contributed by atoms with van der Waals surface area (Å²) in [5, 5.41) is 2.96. The number of aliphatic imine (C=N–C) groups is 1. The highest BCUT2D eigenvalue weighted by Gasteiger charge is 2.37. The van der Waals surface area contributed by atoms with Crippen molar-refractivity contribution in [3.63, 3.8) is 0 Å². The van der Waals surface area contributed by atoms with Gasteiger partial charge in [0.2, 0.25) is 17.7 Å². The van der Waals surface area contributed by atoms with Crippen LogP contribution in [0.5, 0.6) is 11.5 Å². The molecule has 1 fully saturated rings. The number of ether oxygens (including phenoxy) is 2. The largest absolute Gasteiger partial charge is 0.493 e. The third-order valence-corrected chi connectivity index (χ3v) is 7.52. The molecule has 1 atom stereocenters. The molecule has 1 unspecified atom stereocenters. The Morgan fingerprint density at radius 1 is 0.951 bits per heavy atom. The van der Waals surface area contributed by atoms with Crippen LogP contribution in [0.15, 0.2) is 71.7 Å². The summed E-state index contributed by atoms with van der Waals surface area (Å²) in [5.74, 6) is -0.0921. The standard InChI is InChI=1S/C32H34N4O5/c1-21(37)36(20-29(38)35-16-8-5-9-17-35)24-14-12-23(13-15-24)33-31(22-10-6-4-7-11-22)30-25-18-27(40-2)28(41-3)19-26(25)34-32(30)39/h4,6-7,10-15,18-19,30H,5,8-9,16-17,20H2,1-3H3,(H,34,39). The molecule has 3 amide bonds. The first-order valence-electron chi connectivity index (χ1n) is 13.8. The van der Waals surface area contributed by atoms with Crippen molar-refractivity contribution in [3.05, 3.63) is 77.9 Å². The van der Waals surface area contributed by atoms with E-state index in [2.05, 4.69) is 5.32 Å². The Kier molecular flexibility index (Phi) is 8.33. The molecule has 3 aromatic carbocycles. The van der Waals surface area contributed by atoms with E-state index in [0.717, 1.165) is 43.5 Å². The van der Waals surface area contributed by atoms with Crippen LogP contribution in [-0.4, -0.2) is 62.2 Å². The van der Waals surface area contributed by atoms with Crippen LogP contribution in [-0.2, 0) is 14.4 Å². The number of hydrogen-bond donors (Lipinski definition) is 1. The summed E-state index contributed by atoms with van der Waals surface area (Å²) in [4.78, 5) is 47.0. The number of nitrogens with zero attached hydrogens (tertiary/aromatic N) is 3. The Hall–Kier alpha value is -4.66. The molecule has 1 N–H and O–H groups in total. The van der Waals surface area contributed by atoms with Gasteiger partial charge in [-0.3, -0.25) is 19.4 Å². The molecule has 41 heavy (non-hydrogen) atoms. The van der Waals surface area contributed by atoms with Gasteiger partial charge in [0.05, 0.1) is 25.6 Å². The summed E-state index contributed by atoms with van der Waals surface area (Å²) in [7, 11) is 3.11. The molecule has 2 aliphatic rings. The molecule has 9 nitrogen and oxygen atoms in total. The van der Waals surface area contributed by atoms with Crippen LogP contribution in [0.2, 0.25) is 0 Å². The fraction of sp³-hybridized carbons (Fsp3) is 0.312. The van der Waals surface area contributed by atoms with Crippen molar-refractivity contribution in [2.24, 2.45) is 4.99 Å². The quantitative estimate of drug-likeness (QED) is 0.398. The number of rotatable bonds is 8. The first-order valence-corrected chi connectivity index (χ1v) is 13.8. The number of likely N-dealkylation sites (tertiary alicyclic amines) is 1. The maximum atomic E-state index is 13.3. The molecule has 0 aliphatic carbocycles. The summed E-state index contributed by atoms with van der Waals surface area (Å²) < 4.78 is 10.9. The lowest BCUT2D eigenvalue weighted by atomic mass is 9.90. The fourth-order valence-corrected chi connectivity index (χ4v) is 5.37. The molecule has 9 heteroatoms. The Morgan fingerprint density at radius 2 is 1.61 bits per heavy atom. The molecule has 0 radical (unpaired) electrons. The third kappa shape index (κ3) is 5.94. The smallest absolute Gasteiger partial charge is 0.242 e. The van der Waals surface area contributed by atoms with Crippen LogP contribution in [0, 0.1) is 0 Å². The molecule has 5 rings (SSSR count). The van der Waals surface area contributed by atoms with E-state index in [1.54, 1.807) is 44.6 Å². The van der Waals surface area contributed by atoms with Crippen molar-refractivity contribution in [3.8, 4) is 11.5 Å². The normalized spacial score (nSPS) is 16.6. The van der Waals surface area contributed by atoms with Gasteiger partial charge in [0.25, 0.3) is 0 Å². The highest BCUT2D eigenvalue weighted by Crippen LogP contribution is 2.42. The zero-order valence-corrected chi connectivity index (χ0v) is 23.6. The fourth-order valence-electron chi connectivity index (χ4n) is 5.37. The molecule has 2 aliphatic heterocycles. The number of methoxy groups -OCH3 is 2. The van der Waals surface area contributed by atoms with E-state index in [1.165, 1.54) is 11.8 Å². The first kappa shape index (κ1) is 27.9. The molecular weight excluding hydrogens is 520 g/mol. The number of hydrogen-bond acceptors (Lipinski definition) is 6. The Labute approximate surface area is 239 Å². The second-order valence-corrected chi connectivity index (χ2v) is 10.1. The number of anilines is 2. The summed E-state index contributed by atoms with van der Waals surface area (Å²) >= 11 is 0. The van der Waals surface area contributed by atoms with Crippen LogP contribution in [0.3, 0.4) is 0 Å². The molecule has 0 spiro atoms. The van der Waals surface area contributed by atoms with Crippen molar-refractivity contribution in [1.29, 1.82) is 0 Å². The molecule has 0 bridgehead atoms. The highest BCUT2D eigenvalue weighted by molar-refractivity contribution is 6.24. The van der Waals surface area contributed by atoms with E-state index in [1.807, 2.05) is 41.3 Å². The minimum Gasteiger partial charge on any atom is -0.493 e. The number of nitrogens with one attached hydrogen (secondary N) is 1. The first-order chi connectivity index (χ1) is 19.9. The summed E-state index contributed by atoms with van der Waals surface area (Å²) in [6.45, 7) is 2.92. The second kappa shape index (κ2) is 12.2. The van der Waals surface area contributed by atoms with Gasteiger partial charge in [0, 0.05) is 37.5 Å². The van der Waals surface area contributed by atoms with E-state index >= 15 is 0 Å². The van der Waals surface area contributed by atoms with Gasteiger partial charge in [-0.05, 0) is 60.7 Å². The second-order valence-electron chi connectivity index (χ2n) is 10.1. The number of benzene rings is 3.